The zero-order valence-corrected chi connectivity index (χ0v) is 11.3. The number of nitriles is 1. The van der Waals surface area contributed by atoms with Crippen molar-refractivity contribution in [1.29, 1.82) is 5.26 Å². The molecule has 1 rings (SSSR count). The van der Waals surface area contributed by atoms with Crippen LogP contribution in [0.2, 0.25) is 0 Å². The van der Waals surface area contributed by atoms with Gasteiger partial charge >= 0.3 is 0 Å². The predicted octanol–water partition coefficient (Wildman–Crippen LogP) is 3.30. The quantitative estimate of drug-likeness (QED) is 0.738. The maximum absolute atomic E-state index is 8.83. The summed E-state index contributed by atoms with van der Waals surface area (Å²) in [6, 6.07) is 2.24. The van der Waals surface area contributed by atoms with Gasteiger partial charge in [-0.3, -0.25) is 0 Å². The summed E-state index contributed by atoms with van der Waals surface area (Å²) in [5, 5.41) is 9.77. The molecule has 3 nitrogen and oxygen atoms in total. The van der Waals surface area contributed by atoms with Gasteiger partial charge in [0.2, 0.25) is 0 Å². The molecule has 0 saturated carbocycles. The lowest BCUT2D eigenvalue weighted by atomic mass is 10.3. The highest BCUT2D eigenvalue weighted by atomic mass is 32.2. The molecule has 0 aromatic carbocycles. The molecular weight excluding hydrogens is 218 g/mol. The minimum atomic E-state index is -0.0402. The highest BCUT2D eigenvalue weighted by Crippen LogP contribution is 2.25. The van der Waals surface area contributed by atoms with E-state index < -0.39 is 0 Å². The molecular formula is C12H19N3S. The molecule has 0 fully saturated rings. The van der Waals surface area contributed by atoms with Crippen LogP contribution in [0.5, 0.6) is 0 Å². The van der Waals surface area contributed by atoms with Crippen LogP contribution < -0.4 is 0 Å². The van der Waals surface area contributed by atoms with Gasteiger partial charge in [0, 0.05) is 12.2 Å². The van der Waals surface area contributed by atoms with Gasteiger partial charge in [-0.2, -0.15) is 5.26 Å². The fourth-order valence-electron chi connectivity index (χ4n) is 1.48. The van der Waals surface area contributed by atoms with E-state index in [0.29, 0.717) is 0 Å². The molecule has 16 heavy (non-hydrogen) atoms. The number of imidazole rings is 1. The first-order chi connectivity index (χ1) is 7.60. The van der Waals surface area contributed by atoms with Crippen LogP contribution in [0.15, 0.2) is 5.16 Å². The number of hydrogen-bond acceptors (Lipinski definition) is 3. The van der Waals surface area contributed by atoms with Crippen molar-refractivity contribution < 1.29 is 0 Å². The van der Waals surface area contributed by atoms with E-state index in [2.05, 4.69) is 29.5 Å². The monoisotopic (exact) mass is 237 g/mol. The van der Waals surface area contributed by atoms with E-state index in [9.17, 15) is 0 Å². The average Bonchev–Trinajstić information content (AvgIpc) is 2.52. The number of hydrogen-bond donors (Lipinski definition) is 0. The number of rotatable bonds is 5. The Hall–Kier alpha value is -0.950. The topological polar surface area (TPSA) is 41.6 Å². The van der Waals surface area contributed by atoms with Gasteiger partial charge in [-0.15, -0.1) is 0 Å². The molecule has 0 spiro atoms. The molecule has 1 unspecified atom stereocenters. The van der Waals surface area contributed by atoms with Crippen molar-refractivity contribution in [2.75, 3.05) is 0 Å². The Balaban J connectivity index is 2.90. The van der Waals surface area contributed by atoms with Crippen molar-refractivity contribution in [2.24, 2.45) is 0 Å². The van der Waals surface area contributed by atoms with Crippen LogP contribution in [0, 0.1) is 25.2 Å². The highest BCUT2D eigenvalue weighted by molar-refractivity contribution is 8.00. The number of unbranched alkanes of at least 4 members (excludes halogenated alkanes) is 1. The average molecular weight is 237 g/mol. The van der Waals surface area contributed by atoms with Crippen LogP contribution in [0.1, 0.15) is 38.1 Å². The Morgan fingerprint density at radius 2 is 2.19 bits per heavy atom. The van der Waals surface area contributed by atoms with E-state index in [0.717, 1.165) is 23.8 Å². The second-order valence-corrected chi connectivity index (χ2v) is 5.27. The van der Waals surface area contributed by atoms with Gasteiger partial charge in [-0.05, 0) is 27.2 Å². The summed E-state index contributed by atoms with van der Waals surface area (Å²) in [5.41, 5.74) is 2.30. The molecule has 0 amide bonds. The largest absolute Gasteiger partial charge is 0.323 e. The first-order valence-corrected chi connectivity index (χ1v) is 6.58. The van der Waals surface area contributed by atoms with Crippen LogP contribution >= 0.6 is 11.8 Å². The zero-order chi connectivity index (χ0) is 12.1. The normalized spacial score (nSPS) is 12.4. The number of aryl methyl sites for hydroxylation is 1. The fraction of sp³-hybridized carbons (Fsp3) is 0.667. The van der Waals surface area contributed by atoms with E-state index in [1.165, 1.54) is 12.1 Å². The van der Waals surface area contributed by atoms with E-state index in [1.807, 2.05) is 13.8 Å². The Morgan fingerprint density at radius 3 is 2.75 bits per heavy atom. The van der Waals surface area contributed by atoms with Gasteiger partial charge in [0.15, 0.2) is 5.16 Å². The molecule has 1 aromatic heterocycles. The molecule has 0 N–H and O–H groups in total. The first-order valence-electron chi connectivity index (χ1n) is 5.70. The predicted molar refractivity (Wildman–Crippen MR) is 67.5 cm³/mol. The lowest BCUT2D eigenvalue weighted by Gasteiger charge is -2.09. The van der Waals surface area contributed by atoms with Crippen molar-refractivity contribution in [1.82, 2.24) is 9.55 Å². The second-order valence-electron chi connectivity index (χ2n) is 3.96. The van der Waals surface area contributed by atoms with Crippen LogP contribution in [0.25, 0.3) is 0 Å². The maximum Gasteiger partial charge on any atom is 0.169 e. The van der Waals surface area contributed by atoms with Crippen LogP contribution in [0.3, 0.4) is 0 Å². The lowest BCUT2D eigenvalue weighted by molar-refractivity contribution is 0.575. The van der Waals surface area contributed by atoms with E-state index in [4.69, 9.17) is 5.26 Å². The summed E-state index contributed by atoms with van der Waals surface area (Å²) in [4.78, 5) is 4.53. The summed E-state index contributed by atoms with van der Waals surface area (Å²) in [6.07, 6.45) is 2.33. The summed E-state index contributed by atoms with van der Waals surface area (Å²) in [7, 11) is 0. The Labute approximate surface area is 102 Å². The number of thioether (sulfide) groups is 1. The Bertz CT molecular complexity index is 390. The molecule has 0 saturated heterocycles. The smallest absolute Gasteiger partial charge is 0.169 e. The summed E-state index contributed by atoms with van der Waals surface area (Å²) < 4.78 is 2.23. The molecule has 88 valence electrons. The third kappa shape index (κ3) is 3.02. The molecule has 1 atom stereocenters. The number of nitrogens with zero attached hydrogens (tertiary/aromatic N) is 3. The van der Waals surface area contributed by atoms with Gasteiger partial charge in [-0.25, -0.2) is 4.98 Å². The Kier molecular flexibility index (Phi) is 4.88. The Morgan fingerprint density at radius 1 is 1.50 bits per heavy atom. The van der Waals surface area contributed by atoms with Crippen molar-refractivity contribution in [3.05, 3.63) is 11.4 Å². The summed E-state index contributed by atoms with van der Waals surface area (Å²) in [6.45, 7) is 9.22. The zero-order valence-electron chi connectivity index (χ0n) is 10.4. The first kappa shape index (κ1) is 13.1. The van der Waals surface area contributed by atoms with Crippen LogP contribution in [0.4, 0.5) is 0 Å². The highest BCUT2D eigenvalue weighted by Gasteiger charge is 2.13. The van der Waals surface area contributed by atoms with Gasteiger partial charge in [0.05, 0.1) is 17.0 Å². The summed E-state index contributed by atoms with van der Waals surface area (Å²) >= 11 is 1.55. The molecule has 0 aliphatic carbocycles. The van der Waals surface area contributed by atoms with Gasteiger partial charge in [0.25, 0.3) is 0 Å². The lowest BCUT2D eigenvalue weighted by Crippen LogP contribution is -2.04. The fourth-order valence-corrected chi connectivity index (χ4v) is 2.39. The maximum atomic E-state index is 8.83. The van der Waals surface area contributed by atoms with Crippen LogP contribution in [-0.4, -0.2) is 14.8 Å². The van der Waals surface area contributed by atoms with Gasteiger partial charge in [-0.1, -0.05) is 25.1 Å². The summed E-state index contributed by atoms with van der Waals surface area (Å²) in [5.74, 6) is 0. The molecule has 1 heterocycles. The van der Waals surface area contributed by atoms with Crippen molar-refractivity contribution in [3.63, 3.8) is 0 Å². The molecule has 1 aromatic rings. The van der Waals surface area contributed by atoms with E-state index in [1.54, 1.807) is 11.8 Å². The van der Waals surface area contributed by atoms with E-state index >= 15 is 0 Å². The number of aromatic nitrogens is 2. The molecule has 0 aliphatic heterocycles. The van der Waals surface area contributed by atoms with Gasteiger partial charge < -0.3 is 4.57 Å². The van der Waals surface area contributed by atoms with Crippen molar-refractivity contribution in [2.45, 2.75) is 57.5 Å². The minimum Gasteiger partial charge on any atom is -0.323 e. The second kappa shape index (κ2) is 5.95. The molecule has 0 bridgehead atoms. The standard InChI is InChI=1S/C12H19N3S/c1-5-6-7-15-11(4)10(3)14-12(15)16-9(2)8-13/h9H,5-7H2,1-4H3. The third-order valence-corrected chi connectivity index (χ3v) is 3.60. The van der Waals surface area contributed by atoms with Crippen molar-refractivity contribution in [3.8, 4) is 6.07 Å². The molecule has 4 heteroatoms. The SMILES string of the molecule is CCCCn1c(SC(C)C#N)nc(C)c1C. The minimum absolute atomic E-state index is 0.0402. The van der Waals surface area contributed by atoms with E-state index in [-0.39, 0.29) is 5.25 Å². The third-order valence-electron chi connectivity index (χ3n) is 2.62. The molecule has 0 aliphatic rings. The molecule has 0 radical (unpaired) electrons. The van der Waals surface area contributed by atoms with Crippen LogP contribution in [-0.2, 0) is 6.54 Å². The van der Waals surface area contributed by atoms with Gasteiger partial charge in [0.1, 0.15) is 0 Å². The van der Waals surface area contributed by atoms with Crippen molar-refractivity contribution >= 4 is 11.8 Å².